The minimum atomic E-state index is -0.209. The molecule has 2 aromatic carbocycles. The normalized spacial score (nSPS) is 14.8. The zero-order valence-electron chi connectivity index (χ0n) is 14.5. The average molecular weight is 352 g/mol. The number of rotatable bonds is 4. The Bertz CT molecular complexity index is 915. The lowest BCUT2D eigenvalue weighted by molar-refractivity contribution is -0.131. The van der Waals surface area contributed by atoms with Gasteiger partial charge in [-0.25, -0.2) is 9.37 Å². The summed E-state index contributed by atoms with van der Waals surface area (Å²) in [6, 6.07) is 14.7. The molecule has 0 radical (unpaired) electrons. The molecular weight excluding hydrogens is 331 g/mol. The van der Waals surface area contributed by atoms with E-state index in [1.807, 2.05) is 44.7 Å². The van der Waals surface area contributed by atoms with Gasteiger partial charge in [0.15, 0.2) is 0 Å². The Hall–Kier alpha value is -2.89. The SMILES string of the molecule is O=C(CCn1cnc2ccccc21)N1CCN(c2ccccc2F)CC1. The molecule has 3 aromatic rings. The largest absolute Gasteiger partial charge is 0.366 e. The van der Waals surface area contributed by atoms with E-state index < -0.39 is 0 Å². The number of hydrogen-bond acceptors (Lipinski definition) is 3. The number of aryl methyl sites for hydroxylation is 1. The molecular formula is C20H21FN4O. The van der Waals surface area contributed by atoms with Gasteiger partial charge in [-0.1, -0.05) is 24.3 Å². The summed E-state index contributed by atoms with van der Waals surface area (Å²) in [5.41, 5.74) is 2.60. The van der Waals surface area contributed by atoms with Crippen LogP contribution < -0.4 is 4.90 Å². The maximum Gasteiger partial charge on any atom is 0.224 e. The first-order chi connectivity index (χ1) is 12.7. The fourth-order valence-corrected chi connectivity index (χ4v) is 3.47. The van der Waals surface area contributed by atoms with Crippen molar-refractivity contribution in [1.29, 1.82) is 0 Å². The van der Waals surface area contributed by atoms with Crippen molar-refractivity contribution in [3.63, 3.8) is 0 Å². The van der Waals surface area contributed by atoms with Crippen LogP contribution in [0.2, 0.25) is 0 Å². The number of imidazole rings is 1. The van der Waals surface area contributed by atoms with E-state index in [-0.39, 0.29) is 11.7 Å². The molecule has 0 saturated carbocycles. The summed E-state index contributed by atoms with van der Waals surface area (Å²) < 4.78 is 15.9. The molecule has 0 N–H and O–H groups in total. The molecule has 2 heterocycles. The van der Waals surface area contributed by atoms with Crippen LogP contribution in [0, 0.1) is 5.82 Å². The van der Waals surface area contributed by atoms with Crippen molar-refractivity contribution in [3.8, 4) is 0 Å². The highest BCUT2D eigenvalue weighted by Crippen LogP contribution is 2.20. The second-order valence-electron chi connectivity index (χ2n) is 6.50. The van der Waals surface area contributed by atoms with Gasteiger partial charge in [-0.05, 0) is 24.3 Å². The van der Waals surface area contributed by atoms with Crippen molar-refractivity contribution in [2.75, 3.05) is 31.1 Å². The molecule has 26 heavy (non-hydrogen) atoms. The number of benzene rings is 2. The first kappa shape index (κ1) is 16.6. The maximum atomic E-state index is 13.9. The van der Waals surface area contributed by atoms with Crippen LogP contribution in [0.15, 0.2) is 54.9 Å². The molecule has 0 aliphatic carbocycles. The highest BCUT2D eigenvalue weighted by atomic mass is 19.1. The predicted molar refractivity (Wildman–Crippen MR) is 99.5 cm³/mol. The van der Waals surface area contributed by atoms with Gasteiger partial charge in [0, 0.05) is 39.1 Å². The van der Waals surface area contributed by atoms with Crippen molar-refractivity contribution >= 4 is 22.6 Å². The van der Waals surface area contributed by atoms with Crippen LogP contribution >= 0.6 is 0 Å². The van der Waals surface area contributed by atoms with Gasteiger partial charge in [0.05, 0.1) is 23.0 Å². The Morgan fingerprint density at radius 2 is 1.73 bits per heavy atom. The third-order valence-electron chi connectivity index (χ3n) is 4.92. The Morgan fingerprint density at radius 3 is 2.54 bits per heavy atom. The Kier molecular flexibility index (Phi) is 4.56. The van der Waals surface area contributed by atoms with Crippen LogP contribution in [0.4, 0.5) is 10.1 Å². The third-order valence-corrected chi connectivity index (χ3v) is 4.92. The van der Waals surface area contributed by atoms with Gasteiger partial charge < -0.3 is 14.4 Å². The number of halogens is 1. The van der Waals surface area contributed by atoms with Crippen molar-refractivity contribution < 1.29 is 9.18 Å². The molecule has 1 amide bonds. The minimum Gasteiger partial charge on any atom is -0.366 e. The summed E-state index contributed by atoms with van der Waals surface area (Å²) in [4.78, 5) is 20.8. The molecule has 0 spiro atoms. The van der Waals surface area contributed by atoms with Crippen molar-refractivity contribution in [2.24, 2.45) is 0 Å². The fourth-order valence-electron chi connectivity index (χ4n) is 3.47. The van der Waals surface area contributed by atoms with Crippen LogP contribution in [-0.4, -0.2) is 46.5 Å². The highest BCUT2D eigenvalue weighted by molar-refractivity contribution is 5.78. The molecule has 1 saturated heterocycles. The molecule has 0 unspecified atom stereocenters. The van der Waals surface area contributed by atoms with E-state index in [2.05, 4.69) is 4.98 Å². The molecule has 1 aliphatic heterocycles. The lowest BCUT2D eigenvalue weighted by atomic mass is 10.2. The van der Waals surface area contributed by atoms with Crippen LogP contribution in [0.3, 0.4) is 0 Å². The molecule has 4 rings (SSSR count). The summed E-state index contributed by atoms with van der Waals surface area (Å²) >= 11 is 0. The minimum absolute atomic E-state index is 0.135. The van der Waals surface area contributed by atoms with Crippen LogP contribution in [0.25, 0.3) is 11.0 Å². The number of carbonyl (C=O) groups excluding carboxylic acids is 1. The second-order valence-corrected chi connectivity index (χ2v) is 6.50. The quantitative estimate of drug-likeness (QED) is 0.725. The highest BCUT2D eigenvalue weighted by Gasteiger charge is 2.22. The monoisotopic (exact) mass is 352 g/mol. The van der Waals surface area contributed by atoms with E-state index in [1.54, 1.807) is 18.5 Å². The number of anilines is 1. The molecule has 5 nitrogen and oxygen atoms in total. The van der Waals surface area contributed by atoms with Crippen molar-refractivity contribution in [1.82, 2.24) is 14.5 Å². The van der Waals surface area contributed by atoms with Gasteiger partial charge in [-0.15, -0.1) is 0 Å². The maximum absolute atomic E-state index is 13.9. The smallest absolute Gasteiger partial charge is 0.224 e. The molecule has 1 fully saturated rings. The standard InChI is InChI=1S/C20H21FN4O/c21-16-5-1-3-7-18(16)23-11-13-24(14-12-23)20(26)9-10-25-15-22-17-6-2-4-8-19(17)25/h1-8,15H,9-14H2. The molecule has 6 heteroatoms. The van der Waals surface area contributed by atoms with Gasteiger partial charge in [0.25, 0.3) is 0 Å². The number of carbonyl (C=O) groups is 1. The first-order valence-corrected chi connectivity index (χ1v) is 8.89. The van der Waals surface area contributed by atoms with E-state index in [9.17, 15) is 9.18 Å². The Labute approximate surface area is 151 Å². The number of aromatic nitrogens is 2. The molecule has 134 valence electrons. The van der Waals surface area contributed by atoms with E-state index in [0.29, 0.717) is 44.8 Å². The molecule has 0 atom stereocenters. The van der Waals surface area contributed by atoms with Gasteiger partial charge >= 0.3 is 0 Å². The Balaban J connectivity index is 1.33. The number of nitrogens with zero attached hydrogens (tertiary/aromatic N) is 4. The second kappa shape index (κ2) is 7.15. The van der Waals surface area contributed by atoms with Crippen molar-refractivity contribution in [2.45, 2.75) is 13.0 Å². The molecule has 0 bridgehead atoms. The van der Waals surface area contributed by atoms with E-state index in [0.717, 1.165) is 11.0 Å². The fraction of sp³-hybridized carbons (Fsp3) is 0.300. The number of hydrogen-bond donors (Lipinski definition) is 0. The van der Waals surface area contributed by atoms with Gasteiger partial charge in [-0.2, -0.15) is 0 Å². The van der Waals surface area contributed by atoms with Gasteiger partial charge in [-0.3, -0.25) is 4.79 Å². The zero-order chi connectivity index (χ0) is 17.9. The molecule has 1 aromatic heterocycles. The summed E-state index contributed by atoms with van der Waals surface area (Å²) in [5, 5.41) is 0. The van der Waals surface area contributed by atoms with Crippen LogP contribution in [0.1, 0.15) is 6.42 Å². The van der Waals surface area contributed by atoms with Crippen LogP contribution in [-0.2, 0) is 11.3 Å². The topological polar surface area (TPSA) is 41.4 Å². The summed E-state index contributed by atoms with van der Waals surface area (Å²) in [6.07, 6.45) is 2.23. The number of fused-ring (bicyclic) bond motifs is 1. The predicted octanol–water partition coefficient (Wildman–Crippen LogP) is 2.91. The average Bonchev–Trinajstić information content (AvgIpc) is 3.10. The van der Waals surface area contributed by atoms with E-state index in [1.165, 1.54) is 6.07 Å². The van der Waals surface area contributed by atoms with Crippen molar-refractivity contribution in [3.05, 3.63) is 60.7 Å². The van der Waals surface area contributed by atoms with Crippen LogP contribution in [0.5, 0.6) is 0 Å². The first-order valence-electron chi connectivity index (χ1n) is 8.89. The Morgan fingerprint density at radius 1 is 1.00 bits per heavy atom. The third kappa shape index (κ3) is 3.27. The number of para-hydroxylation sites is 3. The van der Waals surface area contributed by atoms with Gasteiger partial charge in [0.1, 0.15) is 5.82 Å². The van der Waals surface area contributed by atoms with E-state index in [4.69, 9.17) is 0 Å². The molecule has 1 aliphatic rings. The summed E-state index contributed by atoms with van der Waals surface area (Å²) in [5.74, 6) is -0.0739. The summed E-state index contributed by atoms with van der Waals surface area (Å²) in [7, 11) is 0. The number of amides is 1. The lowest BCUT2D eigenvalue weighted by Gasteiger charge is -2.36. The number of piperazine rings is 1. The van der Waals surface area contributed by atoms with E-state index >= 15 is 0 Å². The summed E-state index contributed by atoms with van der Waals surface area (Å²) in [6.45, 7) is 3.17. The zero-order valence-corrected chi connectivity index (χ0v) is 14.5. The van der Waals surface area contributed by atoms with Gasteiger partial charge in [0.2, 0.25) is 5.91 Å². The lowest BCUT2D eigenvalue weighted by Crippen LogP contribution is -2.49.